The molecule has 0 aliphatic carbocycles. The molecular formula is C20H22N2O3S. The van der Waals surface area contributed by atoms with E-state index >= 15 is 0 Å². The molecule has 2 N–H and O–H groups in total. The number of anilines is 1. The van der Waals surface area contributed by atoms with Gasteiger partial charge in [-0.2, -0.15) is 0 Å². The summed E-state index contributed by atoms with van der Waals surface area (Å²) < 4.78 is 11.0. The lowest BCUT2D eigenvalue weighted by molar-refractivity contribution is 0.0976. The van der Waals surface area contributed by atoms with Crippen LogP contribution in [0.3, 0.4) is 0 Å². The lowest BCUT2D eigenvalue weighted by atomic mass is 9.97. The first-order valence-electron chi connectivity index (χ1n) is 8.69. The van der Waals surface area contributed by atoms with Crippen molar-refractivity contribution >= 4 is 28.9 Å². The highest BCUT2D eigenvalue weighted by atomic mass is 32.1. The summed E-state index contributed by atoms with van der Waals surface area (Å²) in [6.45, 7) is 5.30. The first-order valence-corrected chi connectivity index (χ1v) is 9.10. The van der Waals surface area contributed by atoms with E-state index in [1.165, 1.54) is 5.56 Å². The van der Waals surface area contributed by atoms with Crippen LogP contribution >= 0.6 is 12.2 Å². The largest absolute Gasteiger partial charge is 0.486 e. The molecule has 1 heterocycles. The topological polar surface area (TPSA) is 59.6 Å². The second-order valence-corrected chi connectivity index (χ2v) is 6.57. The van der Waals surface area contributed by atoms with Gasteiger partial charge in [-0.15, -0.1) is 0 Å². The van der Waals surface area contributed by atoms with Crippen molar-refractivity contribution in [2.75, 3.05) is 18.5 Å². The first kappa shape index (κ1) is 18.2. The van der Waals surface area contributed by atoms with E-state index in [0.29, 0.717) is 36.2 Å². The Morgan fingerprint density at radius 3 is 2.65 bits per heavy atom. The molecule has 5 nitrogen and oxygen atoms in total. The van der Waals surface area contributed by atoms with Crippen LogP contribution in [0.2, 0.25) is 0 Å². The minimum absolute atomic E-state index is 0.264. The molecule has 1 aliphatic rings. The summed E-state index contributed by atoms with van der Waals surface area (Å²) in [5.74, 6) is 1.33. The Morgan fingerprint density at radius 2 is 1.88 bits per heavy atom. The molecule has 136 valence electrons. The molecule has 1 aliphatic heterocycles. The van der Waals surface area contributed by atoms with E-state index in [2.05, 4.69) is 30.5 Å². The molecule has 0 saturated carbocycles. The van der Waals surface area contributed by atoms with E-state index in [1.54, 1.807) is 18.2 Å². The molecule has 0 saturated heterocycles. The molecule has 0 unspecified atom stereocenters. The van der Waals surface area contributed by atoms with Crippen molar-refractivity contribution in [2.45, 2.75) is 26.2 Å². The normalized spacial score (nSPS) is 13.6. The zero-order valence-corrected chi connectivity index (χ0v) is 15.7. The molecule has 0 aromatic heterocycles. The van der Waals surface area contributed by atoms with Gasteiger partial charge in [0.05, 0.1) is 0 Å². The van der Waals surface area contributed by atoms with Crippen LogP contribution in [0.25, 0.3) is 0 Å². The lowest BCUT2D eigenvalue weighted by Gasteiger charge is -2.19. The highest BCUT2D eigenvalue weighted by molar-refractivity contribution is 7.80. The molecule has 0 fully saturated rings. The van der Waals surface area contributed by atoms with Crippen LogP contribution in [0.1, 0.15) is 42.1 Å². The fraction of sp³-hybridized carbons (Fsp3) is 0.300. The number of nitrogens with one attached hydrogen (secondary N) is 2. The van der Waals surface area contributed by atoms with Crippen molar-refractivity contribution in [2.24, 2.45) is 0 Å². The number of carbonyl (C=O) groups excluding carboxylic acids is 1. The highest BCUT2D eigenvalue weighted by Gasteiger charge is 2.16. The molecule has 3 rings (SSSR count). The quantitative estimate of drug-likeness (QED) is 0.794. The fourth-order valence-corrected chi connectivity index (χ4v) is 2.98. The van der Waals surface area contributed by atoms with Gasteiger partial charge in [0.1, 0.15) is 13.2 Å². The minimum atomic E-state index is -0.291. The maximum atomic E-state index is 12.5. The standard InChI is InChI=1S/C20H22N2O3S/c1-3-13(2)15-6-4-5-7-16(15)21-20(26)22-19(23)14-8-9-17-18(12-14)25-11-10-24-17/h4-9,12-13H,3,10-11H2,1-2H3,(H2,21,22,23,26)/t13-/m1/s1. The van der Waals surface area contributed by atoms with E-state index in [9.17, 15) is 4.79 Å². The number of rotatable bonds is 4. The summed E-state index contributed by atoms with van der Waals surface area (Å²) in [4.78, 5) is 12.5. The van der Waals surface area contributed by atoms with Crippen LogP contribution in [0.5, 0.6) is 11.5 Å². The summed E-state index contributed by atoms with van der Waals surface area (Å²) in [7, 11) is 0. The van der Waals surface area contributed by atoms with E-state index in [1.807, 2.05) is 18.2 Å². The maximum Gasteiger partial charge on any atom is 0.257 e. The SMILES string of the molecule is CC[C@@H](C)c1ccccc1NC(=S)NC(=O)c1ccc2c(c1)OCCO2. The van der Waals surface area contributed by atoms with Crippen LogP contribution < -0.4 is 20.1 Å². The third-order valence-corrected chi connectivity index (χ3v) is 4.59. The van der Waals surface area contributed by atoms with Crippen LogP contribution in [-0.4, -0.2) is 24.2 Å². The van der Waals surface area contributed by atoms with Gasteiger partial charge in [-0.1, -0.05) is 32.0 Å². The smallest absolute Gasteiger partial charge is 0.257 e. The summed E-state index contributed by atoms with van der Waals surface area (Å²) in [6, 6.07) is 13.1. The van der Waals surface area contributed by atoms with Crippen LogP contribution in [0.15, 0.2) is 42.5 Å². The van der Waals surface area contributed by atoms with Crippen LogP contribution in [0, 0.1) is 0 Å². The molecule has 2 aromatic rings. The molecule has 1 amide bonds. The predicted molar refractivity (Wildman–Crippen MR) is 106 cm³/mol. The molecule has 0 radical (unpaired) electrons. The first-order chi connectivity index (χ1) is 12.6. The second-order valence-electron chi connectivity index (χ2n) is 6.16. The molecule has 26 heavy (non-hydrogen) atoms. The molecule has 2 aromatic carbocycles. The zero-order valence-electron chi connectivity index (χ0n) is 14.9. The van der Waals surface area contributed by atoms with Gasteiger partial charge in [-0.25, -0.2) is 0 Å². The van der Waals surface area contributed by atoms with E-state index < -0.39 is 0 Å². The van der Waals surface area contributed by atoms with E-state index in [4.69, 9.17) is 21.7 Å². The average molecular weight is 370 g/mol. The van der Waals surface area contributed by atoms with Crippen molar-refractivity contribution < 1.29 is 14.3 Å². The lowest BCUT2D eigenvalue weighted by Crippen LogP contribution is -2.34. The number of thiocarbonyl (C=S) groups is 1. The maximum absolute atomic E-state index is 12.5. The predicted octanol–water partition coefficient (Wildman–Crippen LogP) is 4.10. The number of para-hydroxylation sites is 1. The molecular weight excluding hydrogens is 348 g/mol. The number of benzene rings is 2. The summed E-state index contributed by atoms with van der Waals surface area (Å²) in [6.07, 6.45) is 1.02. The Kier molecular flexibility index (Phi) is 5.73. The summed E-state index contributed by atoms with van der Waals surface area (Å²) >= 11 is 5.32. The van der Waals surface area contributed by atoms with Gasteiger partial charge in [-0.05, 0) is 54.4 Å². The Balaban J connectivity index is 1.68. The number of amides is 1. The third kappa shape index (κ3) is 4.14. The van der Waals surface area contributed by atoms with Gasteiger partial charge in [-0.3, -0.25) is 10.1 Å². The monoisotopic (exact) mass is 370 g/mol. The minimum Gasteiger partial charge on any atom is -0.486 e. The van der Waals surface area contributed by atoms with Gasteiger partial charge in [0.2, 0.25) is 0 Å². The summed E-state index contributed by atoms with van der Waals surface area (Å²) in [5, 5.41) is 6.12. The van der Waals surface area contributed by atoms with Crippen LogP contribution in [-0.2, 0) is 0 Å². The number of hydrogen-bond donors (Lipinski definition) is 2. The number of carbonyl (C=O) groups is 1. The van der Waals surface area contributed by atoms with Gasteiger partial charge >= 0.3 is 0 Å². The molecule has 6 heteroatoms. The average Bonchev–Trinajstić information content (AvgIpc) is 2.67. The molecule has 1 atom stereocenters. The van der Waals surface area contributed by atoms with Crippen molar-refractivity contribution in [3.05, 3.63) is 53.6 Å². The van der Waals surface area contributed by atoms with Crippen molar-refractivity contribution in [1.29, 1.82) is 0 Å². The number of fused-ring (bicyclic) bond motifs is 1. The van der Waals surface area contributed by atoms with Crippen LogP contribution in [0.4, 0.5) is 5.69 Å². The summed E-state index contributed by atoms with van der Waals surface area (Å²) in [5.41, 5.74) is 2.55. The highest BCUT2D eigenvalue weighted by Crippen LogP contribution is 2.30. The van der Waals surface area contributed by atoms with Crippen molar-refractivity contribution in [1.82, 2.24) is 5.32 Å². The van der Waals surface area contributed by atoms with Gasteiger partial charge < -0.3 is 14.8 Å². The second kappa shape index (κ2) is 8.19. The van der Waals surface area contributed by atoms with Gasteiger partial charge in [0.25, 0.3) is 5.91 Å². The Hall–Kier alpha value is -2.60. The third-order valence-electron chi connectivity index (χ3n) is 4.38. The van der Waals surface area contributed by atoms with Gasteiger partial charge in [0.15, 0.2) is 16.6 Å². The Bertz CT molecular complexity index is 822. The van der Waals surface area contributed by atoms with Gasteiger partial charge in [0, 0.05) is 11.3 Å². The zero-order chi connectivity index (χ0) is 18.5. The molecule has 0 spiro atoms. The Morgan fingerprint density at radius 1 is 1.15 bits per heavy atom. The fourth-order valence-electron chi connectivity index (χ4n) is 2.77. The number of hydrogen-bond acceptors (Lipinski definition) is 4. The number of ether oxygens (including phenoxy) is 2. The van der Waals surface area contributed by atoms with Crippen molar-refractivity contribution in [3.63, 3.8) is 0 Å². The van der Waals surface area contributed by atoms with Crippen molar-refractivity contribution in [3.8, 4) is 11.5 Å². The molecule has 0 bridgehead atoms. The van der Waals surface area contributed by atoms with E-state index in [0.717, 1.165) is 12.1 Å². The van der Waals surface area contributed by atoms with E-state index in [-0.39, 0.29) is 11.0 Å². The Labute approximate surface area is 158 Å².